The fourth-order valence-electron chi connectivity index (χ4n) is 2.87. The molecule has 0 unspecified atom stereocenters. The van der Waals surface area contributed by atoms with Crippen molar-refractivity contribution in [1.82, 2.24) is 9.88 Å². The molecule has 152 valence electrons. The fourth-order valence-corrected chi connectivity index (χ4v) is 3.69. The quantitative estimate of drug-likeness (QED) is 0.559. The Balaban J connectivity index is 1.65. The molecule has 0 fully saturated rings. The lowest BCUT2D eigenvalue weighted by molar-refractivity contribution is -0.129. The fraction of sp³-hybridized carbons (Fsp3) is 0.273. The number of benzene rings is 2. The summed E-state index contributed by atoms with van der Waals surface area (Å²) in [6, 6.07) is 13.4. The number of methoxy groups -OCH3 is 3. The van der Waals surface area contributed by atoms with E-state index in [1.165, 1.54) is 11.3 Å². The molecule has 0 N–H and O–H groups in total. The number of thiazole rings is 1. The minimum absolute atomic E-state index is 0.0185. The first-order valence-corrected chi connectivity index (χ1v) is 9.95. The van der Waals surface area contributed by atoms with E-state index in [2.05, 4.69) is 4.98 Å². The van der Waals surface area contributed by atoms with Gasteiger partial charge in [-0.15, -0.1) is 11.3 Å². The number of aromatic nitrogens is 1. The van der Waals surface area contributed by atoms with Crippen molar-refractivity contribution >= 4 is 17.2 Å². The van der Waals surface area contributed by atoms with Gasteiger partial charge in [0.15, 0.2) is 11.5 Å². The zero-order chi connectivity index (χ0) is 20.8. The number of hydrogen-bond donors (Lipinski definition) is 0. The van der Waals surface area contributed by atoms with E-state index in [0.717, 1.165) is 27.6 Å². The van der Waals surface area contributed by atoms with Gasteiger partial charge in [0.25, 0.3) is 0 Å². The molecule has 0 saturated heterocycles. The van der Waals surface area contributed by atoms with Crippen molar-refractivity contribution in [3.05, 3.63) is 59.1 Å². The molecule has 7 heteroatoms. The van der Waals surface area contributed by atoms with Crippen LogP contribution in [0.4, 0.5) is 0 Å². The van der Waals surface area contributed by atoms with Crippen LogP contribution >= 0.6 is 11.3 Å². The third kappa shape index (κ3) is 5.06. The number of rotatable bonds is 8. The molecule has 1 aromatic heterocycles. The Morgan fingerprint density at radius 3 is 2.38 bits per heavy atom. The molecule has 0 atom stereocenters. The van der Waals surface area contributed by atoms with Crippen LogP contribution in [0, 0.1) is 0 Å². The Bertz CT molecular complexity index is 969. The summed E-state index contributed by atoms with van der Waals surface area (Å²) in [5, 5.41) is 2.76. The second-order valence-corrected chi connectivity index (χ2v) is 7.35. The predicted octanol–water partition coefficient (Wildman–Crippen LogP) is 4.04. The Morgan fingerprint density at radius 1 is 1.00 bits per heavy atom. The molecule has 0 saturated carbocycles. The van der Waals surface area contributed by atoms with E-state index >= 15 is 0 Å². The van der Waals surface area contributed by atoms with Gasteiger partial charge in [0, 0.05) is 24.5 Å². The van der Waals surface area contributed by atoms with Gasteiger partial charge >= 0.3 is 0 Å². The predicted molar refractivity (Wildman–Crippen MR) is 114 cm³/mol. The molecule has 0 radical (unpaired) electrons. The van der Waals surface area contributed by atoms with Crippen LogP contribution in [0.15, 0.2) is 47.8 Å². The number of amides is 1. The maximum atomic E-state index is 12.6. The lowest BCUT2D eigenvalue weighted by atomic mass is 10.2. The van der Waals surface area contributed by atoms with Crippen molar-refractivity contribution in [2.45, 2.75) is 13.0 Å². The summed E-state index contributed by atoms with van der Waals surface area (Å²) in [4.78, 5) is 18.9. The molecule has 1 heterocycles. The summed E-state index contributed by atoms with van der Waals surface area (Å²) in [5.41, 5.74) is 2.73. The molecule has 3 aromatic rings. The topological polar surface area (TPSA) is 60.9 Å². The van der Waals surface area contributed by atoms with Gasteiger partial charge in [-0.1, -0.05) is 12.1 Å². The van der Waals surface area contributed by atoms with Gasteiger partial charge in [0.2, 0.25) is 5.91 Å². The van der Waals surface area contributed by atoms with Crippen LogP contribution in [0.2, 0.25) is 0 Å². The average molecular weight is 413 g/mol. The molecule has 0 aliphatic carbocycles. The van der Waals surface area contributed by atoms with Gasteiger partial charge in [-0.3, -0.25) is 4.79 Å². The number of ether oxygens (including phenoxy) is 3. The SMILES string of the molecule is COc1ccc(CN(C)C(=O)Cc2csc(-c3ccc(OC)c(OC)c3)n2)cc1. The summed E-state index contributed by atoms with van der Waals surface area (Å²) in [6.45, 7) is 0.537. The van der Waals surface area contributed by atoms with Crippen molar-refractivity contribution in [2.75, 3.05) is 28.4 Å². The normalized spacial score (nSPS) is 10.5. The van der Waals surface area contributed by atoms with Crippen molar-refractivity contribution in [3.8, 4) is 27.8 Å². The molecular weight excluding hydrogens is 388 g/mol. The number of nitrogens with zero attached hydrogens (tertiary/aromatic N) is 2. The monoisotopic (exact) mass is 412 g/mol. The van der Waals surface area contributed by atoms with Crippen molar-refractivity contribution in [3.63, 3.8) is 0 Å². The van der Waals surface area contributed by atoms with Gasteiger partial charge in [-0.05, 0) is 35.9 Å². The first kappa shape index (κ1) is 20.7. The zero-order valence-corrected chi connectivity index (χ0v) is 17.8. The summed E-state index contributed by atoms with van der Waals surface area (Å²) < 4.78 is 15.8. The highest BCUT2D eigenvalue weighted by atomic mass is 32.1. The van der Waals surface area contributed by atoms with Crippen molar-refractivity contribution in [2.24, 2.45) is 0 Å². The van der Waals surface area contributed by atoms with Crippen molar-refractivity contribution < 1.29 is 19.0 Å². The van der Waals surface area contributed by atoms with Crippen LogP contribution in [0.3, 0.4) is 0 Å². The Kier molecular flexibility index (Phi) is 6.72. The van der Waals surface area contributed by atoms with Crippen LogP contribution in [0.25, 0.3) is 10.6 Å². The van der Waals surface area contributed by atoms with Crippen LogP contribution in [-0.2, 0) is 17.8 Å². The third-order valence-corrected chi connectivity index (χ3v) is 5.46. The molecule has 2 aromatic carbocycles. The highest BCUT2D eigenvalue weighted by molar-refractivity contribution is 7.13. The van der Waals surface area contributed by atoms with Gasteiger partial charge in [0.1, 0.15) is 10.8 Å². The smallest absolute Gasteiger partial charge is 0.228 e. The second-order valence-electron chi connectivity index (χ2n) is 6.49. The van der Waals surface area contributed by atoms with E-state index in [-0.39, 0.29) is 12.3 Å². The molecule has 1 amide bonds. The van der Waals surface area contributed by atoms with Crippen LogP contribution in [0.5, 0.6) is 17.2 Å². The highest BCUT2D eigenvalue weighted by Crippen LogP contribution is 2.33. The average Bonchev–Trinajstić information content (AvgIpc) is 3.22. The number of carbonyl (C=O) groups excluding carboxylic acids is 1. The van der Waals surface area contributed by atoms with E-state index in [1.54, 1.807) is 33.3 Å². The summed E-state index contributed by atoms with van der Waals surface area (Å²) >= 11 is 1.50. The second kappa shape index (κ2) is 9.43. The third-order valence-electron chi connectivity index (χ3n) is 4.52. The molecule has 29 heavy (non-hydrogen) atoms. The van der Waals surface area contributed by atoms with Crippen LogP contribution in [0.1, 0.15) is 11.3 Å². The number of carbonyl (C=O) groups is 1. The Labute approximate surface area is 174 Å². The van der Waals surface area contributed by atoms with Gasteiger partial charge in [-0.2, -0.15) is 0 Å². The first-order chi connectivity index (χ1) is 14.0. The Hall–Kier alpha value is -3.06. The van der Waals surface area contributed by atoms with E-state index in [4.69, 9.17) is 14.2 Å². The number of likely N-dealkylation sites (N-methyl/N-ethyl adjacent to an activating group) is 1. The molecule has 0 aliphatic heterocycles. The largest absolute Gasteiger partial charge is 0.497 e. The summed E-state index contributed by atoms with van der Waals surface area (Å²) in [6.07, 6.45) is 0.260. The summed E-state index contributed by atoms with van der Waals surface area (Å²) in [7, 11) is 6.64. The van der Waals surface area contributed by atoms with Gasteiger partial charge in [0.05, 0.1) is 33.4 Å². The van der Waals surface area contributed by atoms with Crippen LogP contribution < -0.4 is 14.2 Å². The lowest BCUT2D eigenvalue weighted by Gasteiger charge is -2.17. The molecule has 6 nitrogen and oxygen atoms in total. The first-order valence-electron chi connectivity index (χ1n) is 9.07. The summed E-state index contributed by atoms with van der Waals surface area (Å²) in [5.74, 6) is 2.14. The minimum atomic E-state index is 0.0185. The highest BCUT2D eigenvalue weighted by Gasteiger charge is 2.14. The van der Waals surface area contributed by atoms with E-state index in [9.17, 15) is 4.79 Å². The maximum Gasteiger partial charge on any atom is 0.228 e. The van der Waals surface area contributed by atoms with Gasteiger partial charge < -0.3 is 19.1 Å². The van der Waals surface area contributed by atoms with E-state index < -0.39 is 0 Å². The molecule has 0 aliphatic rings. The molecular formula is C22H24N2O4S. The number of hydrogen-bond acceptors (Lipinski definition) is 6. The molecule has 3 rings (SSSR count). The molecule has 0 bridgehead atoms. The zero-order valence-electron chi connectivity index (χ0n) is 17.0. The van der Waals surface area contributed by atoms with E-state index in [1.807, 2.05) is 47.8 Å². The molecule has 0 spiro atoms. The van der Waals surface area contributed by atoms with Crippen LogP contribution in [-0.4, -0.2) is 44.2 Å². The minimum Gasteiger partial charge on any atom is -0.497 e. The Morgan fingerprint density at radius 2 is 1.72 bits per heavy atom. The van der Waals surface area contributed by atoms with Crippen molar-refractivity contribution in [1.29, 1.82) is 0 Å². The van der Waals surface area contributed by atoms with E-state index in [0.29, 0.717) is 18.0 Å². The lowest BCUT2D eigenvalue weighted by Crippen LogP contribution is -2.27. The standard InChI is InChI=1S/C22H24N2O4S/c1-24(13-15-5-8-18(26-2)9-6-15)21(25)12-17-14-29-22(23-17)16-7-10-19(27-3)20(11-16)28-4/h5-11,14H,12-13H2,1-4H3. The maximum absolute atomic E-state index is 12.6. The van der Waals surface area contributed by atoms with Gasteiger partial charge in [-0.25, -0.2) is 4.98 Å².